The van der Waals surface area contributed by atoms with E-state index in [4.69, 9.17) is 5.73 Å². The van der Waals surface area contributed by atoms with Crippen LogP contribution in [0.15, 0.2) is 65.7 Å². The number of aromatic hydroxyl groups is 1. The number of pyridine rings is 1. The average Bonchev–Trinajstić information content (AvgIpc) is 2.84. The Kier molecular flexibility index (Phi) is 8.90. The van der Waals surface area contributed by atoms with Gasteiger partial charge in [0.05, 0.1) is 18.3 Å². The molecular weight excluding hydrogens is 492 g/mol. The minimum Gasteiger partial charge on any atom is -0.507 e. The molecule has 1 heterocycles. The minimum absolute atomic E-state index is 0.0985. The van der Waals surface area contributed by atoms with E-state index in [1.807, 2.05) is 38.1 Å². The highest BCUT2D eigenvalue weighted by Crippen LogP contribution is 2.27. The lowest BCUT2D eigenvalue weighted by Gasteiger charge is -2.28. The zero-order valence-corrected chi connectivity index (χ0v) is 22.0. The third-order valence-electron chi connectivity index (χ3n) is 5.93. The molecule has 0 aliphatic heterocycles. The molecule has 3 aromatic rings. The van der Waals surface area contributed by atoms with E-state index in [1.165, 1.54) is 25.1 Å². The number of aliphatic hydroxyl groups excluding tert-OH is 1. The van der Waals surface area contributed by atoms with Crippen LogP contribution in [0.1, 0.15) is 43.6 Å². The van der Waals surface area contributed by atoms with Gasteiger partial charge in [-0.05, 0) is 55.7 Å². The van der Waals surface area contributed by atoms with Crippen molar-refractivity contribution < 1.29 is 23.4 Å². The second kappa shape index (κ2) is 11.7. The van der Waals surface area contributed by atoms with Gasteiger partial charge in [0.15, 0.2) is 9.84 Å². The van der Waals surface area contributed by atoms with Crippen LogP contribution in [0.25, 0.3) is 0 Å². The number of anilines is 2. The van der Waals surface area contributed by atoms with Gasteiger partial charge in [0.25, 0.3) is 0 Å². The van der Waals surface area contributed by atoms with Gasteiger partial charge in [-0.2, -0.15) is 0 Å². The highest BCUT2D eigenvalue weighted by molar-refractivity contribution is 7.91. The smallest absolute Gasteiger partial charge is 0.228 e. The molecule has 2 aromatic carbocycles. The molecular formula is C27H34N4O5S. The van der Waals surface area contributed by atoms with Crippen molar-refractivity contribution in [3.05, 3.63) is 77.5 Å². The van der Waals surface area contributed by atoms with Crippen LogP contribution in [0.3, 0.4) is 0 Å². The predicted molar refractivity (Wildman–Crippen MR) is 144 cm³/mol. The van der Waals surface area contributed by atoms with Crippen molar-refractivity contribution >= 4 is 27.2 Å². The van der Waals surface area contributed by atoms with Crippen LogP contribution in [0.2, 0.25) is 0 Å². The summed E-state index contributed by atoms with van der Waals surface area (Å²) in [5, 5.41) is 26.5. The fourth-order valence-corrected chi connectivity index (χ4v) is 4.92. The maximum atomic E-state index is 12.7. The molecule has 0 aliphatic rings. The third kappa shape index (κ3) is 8.01. The van der Waals surface area contributed by atoms with E-state index >= 15 is 0 Å². The second-order valence-electron chi connectivity index (χ2n) is 9.60. The number of hydrogen-bond donors (Lipinski definition) is 5. The van der Waals surface area contributed by atoms with Crippen molar-refractivity contribution in [1.29, 1.82) is 0 Å². The standard InChI is InChI=1S/C27H34N4O5S/c1-4-37(35,36)24-14-21(9-10-22(24)32)31-26(34)13-18-6-5-7-19(12-18)15-27(2,3)30-17-23(33)20-8-11-25(28)29-16-20/h5-12,14,16,23,30,32-33H,4,13,15,17H2,1-3H3,(H2,28,29)(H,31,34)/t23-/m0/s1. The van der Waals surface area contributed by atoms with Crippen molar-refractivity contribution in [2.45, 2.75) is 50.2 Å². The number of carbonyl (C=O) groups excluding carboxylic acids is 1. The van der Waals surface area contributed by atoms with Crippen LogP contribution in [0.4, 0.5) is 11.5 Å². The summed E-state index contributed by atoms with van der Waals surface area (Å²) in [6.07, 6.45) is 1.59. The molecule has 0 spiro atoms. The summed E-state index contributed by atoms with van der Waals surface area (Å²) < 4.78 is 24.3. The van der Waals surface area contributed by atoms with E-state index < -0.39 is 15.9 Å². The zero-order valence-electron chi connectivity index (χ0n) is 21.2. The van der Waals surface area contributed by atoms with Gasteiger partial charge in [0, 0.05) is 29.5 Å². The first-order valence-corrected chi connectivity index (χ1v) is 13.6. The molecule has 37 heavy (non-hydrogen) atoms. The van der Waals surface area contributed by atoms with E-state index in [2.05, 4.69) is 15.6 Å². The van der Waals surface area contributed by atoms with Crippen LogP contribution in [0.5, 0.6) is 5.75 Å². The maximum Gasteiger partial charge on any atom is 0.228 e. The van der Waals surface area contributed by atoms with Crippen LogP contribution in [-0.2, 0) is 27.5 Å². The first-order valence-electron chi connectivity index (χ1n) is 12.0. The highest BCUT2D eigenvalue weighted by Gasteiger charge is 2.21. The molecule has 0 radical (unpaired) electrons. The van der Waals surface area contributed by atoms with Gasteiger partial charge in [-0.15, -0.1) is 0 Å². The summed E-state index contributed by atoms with van der Waals surface area (Å²) in [4.78, 5) is 16.5. The number of nitrogens with two attached hydrogens (primary N) is 1. The number of nitrogen functional groups attached to an aromatic ring is 1. The van der Waals surface area contributed by atoms with Crippen LogP contribution >= 0.6 is 0 Å². The third-order valence-corrected chi connectivity index (χ3v) is 7.69. The number of phenolic OH excluding ortho intramolecular Hbond substituents is 1. The SMILES string of the molecule is CCS(=O)(=O)c1cc(NC(=O)Cc2cccc(CC(C)(C)NC[C@H](O)c3ccc(N)nc3)c2)ccc1O. The van der Waals surface area contributed by atoms with E-state index in [0.29, 0.717) is 30.0 Å². The molecule has 6 N–H and O–H groups in total. The molecule has 9 nitrogen and oxygen atoms in total. The van der Waals surface area contributed by atoms with Crippen molar-refractivity contribution in [1.82, 2.24) is 10.3 Å². The number of carbonyl (C=O) groups is 1. The predicted octanol–water partition coefficient (Wildman–Crippen LogP) is 2.99. The molecule has 1 amide bonds. The van der Waals surface area contributed by atoms with Gasteiger partial charge in [0.2, 0.25) is 5.91 Å². The molecule has 3 rings (SSSR count). The fourth-order valence-electron chi connectivity index (χ4n) is 3.91. The highest BCUT2D eigenvalue weighted by atomic mass is 32.2. The molecule has 0 unspecified atom stereocenters. The number of benzene rings is 2. The molecule has 0 fully saturated rings. The van der Waals surface area contributed by atoms with E-state index in [-0.39, 0.29) is 34.3 Å². The molecule has 10 heteroatoms. The normalized spacial score (nSPS) is 12.8. The topological polar surface area (TPSA) is 155 Å². The van der Waals surface area contributed by atoms with E-state index in [1.54, 1.807) is 18.3 Å². The fraction of sp³-hybridized carbons (Fsp3) is 0.333. The number of rotatable bonds is 11. The number of amides is 1. The van der Waals surface area contributed by atoms with E-state index in [0.717, 1.165) is 11.1 Å². The Morgan fingerprint density at radius 1 is 1.11 bits per heavy atom. The first kappa shape index (κ1) is 28.1. The molecule has 0 saturated carbocycles. The Morgan fingerprint density at radius 2 is 1.84 bits per heavy atom. The van der Waals surface area contributed by atoms with Crippen molar-refractivity contribution in [3.8, 4) is 5.75 Å². The molecule has 1 aromatic heterocycles. The van der Waals surface area contributed by atoms with Gasteiger partial charge < -0.3 is 26.6 Å². The van der Waals surface area contributed by atoms with Crippen molar-refractivity contribution in [3.63, 3.8) is 0 Å². The number of nitrogens with one attached hydrogen (secondary N) is 2. The Hall–Kier alpha value is -3.47. The number of nitrogens with zero attached hydrogens (tertiary/aromatic N) is 1. The summed E-state index contributed by atoms with van der Waals surface area (Å²) in [5.74, 6) is -0.412. The van der Waals surface area contributed by atoms with Crippen molar-refractivity contribution in [2.75, 3.05) is 23.3 Å². The van der Waals surface area contributed by atoms with Crippen LogP contribution in [0, 0.1) is 0 Å². The molecule has 198 valence electrons. The number of phenols is 1. The van der Waals surface area contributed by atoms with Gasteiger partial charge in [-0.1, -0.05) is 37.3 Å². The lowest BCUT2D eigenvalue weighted by molar-refractivity contribution is -0.115. The summed E-state index contributed by atoms with van der Waals surface area (Å²) in [6.45, 7) is 5.90. The molecule has 0 saturated heterocycles. The lowest BCUT2D eigenvalue weighted by atomic mass is 9.93. The number of aromatic nitrogens is 1. The molecule has 1 atom stereocenters. The Bertz CT molecular complexity index is 1340. The first-order chi connectivity index (χ1) is 17.4. The maximum absolute atomic E-state index is 12.7. The summed E-state index contributed by atoms with van der Waals surface area (Å²) in [5.41, 5.74) is 8.07. The quantitative estimate of drug-likeness (QED) is 0.239. The van der Waals surface area contributed by atoms with Gasteiger partial charge in [0.1, 0.15) is 16.5 Å². The van der Waals surface area contributed by atoms with E-state index in [9.17, 15) is 23.4 Å². The second-order valence-corrected chi connectivity index (χ2v) is 11.9. The lowest BCUT2D eigenvalue weighted by Crippen LogP contribution is -2.43. The largest absolute Gasteiger partial charge is 0.507 e. The monoisotopic (exact) mass is 526 g/mol. The molecule has 0 aliphatic carbocycles. The zero-order chi connectivity index (χ0) is 27.2. The summed E-state index contributed by atoms with van der Waals surface area (Å²) in [7, 11) is -3.63. The number of aliphatic hydroxyl groups is 1. The van der Waals surface area contributed by atoms with Crippen LogP contribution < -0.4 is 16.4 Å². The number of β-amino-alcohol motifs (C(OH)–C–C–N with tert-alkyl or cyclic N) is 1. The Labute approximate surface area is 217 Å². The summed E-state index contributed by atoms with van der Waals surface area (Å²) in [6, 6.07) is 15.1. The summed E-state index contributed by atoms with van der Waals surface area (Å²) >= 11 is 0. The molecule has 0 bridgehead atoms. The Morgan fingerprint density at radius 3 is 2.51 bits per heavy atom. The average molecular weight is 527 g/mol. The van der Waals surface area contributed by atoms with Gasteiger partial charge in [-0.3, -0.25) is 4.79 Å². The van der Waals surface area contributed by atoms with Gasteiger partial charge in [-0.25, -0.2) is 13.4 Å². The number of hydrogen-bond acceptors (Lipinski definition) is 8. The Balaban J connectivity index is 1.60. The minimum atomic E-state index is -3.63. The van der Waals surface area contributed by atoms with Crippen molar-refractivity contribution in [2.24, 2.45) is 0 Å². The van der Waals surface area contributed by atoms with Gasteiger partial charge >= 0.3 is 0 Å². The number of sulfone groups is 1. The van der Waals surface area contributed by atoms with Crippen LogP contribution in [-0.4, -0.2) is 47.4 Å².